The van der Waals surface area contributed by atoms with Crippen LogP contribution in [0.1, 0.15) is 42.4 Å². The van der Waals surface area contributed by atoms with Crippen LogP contribution < -0.4 is 5.32 Å². The fourth-order valence-corrected chi connectivity index (χ4v) is 3.97. The highest BCUT2D eigenvalue weighted by molar-refractivity contribution is 14.0. The van der Waals surface area contributed by atoms with Gasteiger partial charge in [-0.1, -0.05) is 24.3 Å². The van der Waals surface area contributed by atoms with E-state index in [0.717, 1.165) is 57.9 Å². The van der Waals surface area contributed by atoms with E-state index in [0.29, 0.717) is 0 Å². The summed E-state index contributed by atoms with van der Waals surface area (Å²) in [6.07, 6.45) is 7.92. The first-order chi connectivity index (χ1) is 12.8. The molecule has 1 aromatic carbocycles. The van der Waals surface area contributed by atoms with Gasteiger partial charge in [0, 0.05) is 51.8 Å². The molecule has 1 aromatic heterocycles. The topological polar surface area (TPSA) is 45.5 Å². The summed E-state index contributed by atoms with van der Waals surface area (Å²) in [5, 5.41) is 3.47. The number of aliphatic imine (C=N–C) groups is 1. The second kappa shape index (κ2) is 9.57. The first-order valence-electron chi connectivity index (χ1n) is 9.98. The van der Waals surface area contributed by atoms with Crippen LogP contribution in [0.3, 0.4) is 0 Å². The Kier molecular flexibility index (Phi) is 7.15. The van der Waals surface area contributed by atoms with Gasteiger partial charge in [-0.3, -0.25) is 4.99 Å². The van der Waals surface area contributed by atoms with E-state index in [-0.39, 0.29) is 24.0 Å². The van der Waals surface area contributed by atoms with Crippen LogP contribution in [0.4, 0.5) is 0 Å². The molecule has 0 saturated carbocycles. The predicted octanol–water partition coefficient (Wildman–Crippen LogP) is 3.40. The van der Waals surface area contributed by atoms with E-state index in [1.165, 1.54) is 35.5 Å². The Bertz CT molecular complexity index is 759. The highest BCUT2D eigenvalue weighted by Crippen LogP contribution is 2.19. The van der Waals surface area contributed by atoms with Crippen molar-refractivity contribution in [1.82, 2.24) is 19.8 Å². The maximum absolute atomic E-state index is 4.89. The first kappa shape index (κ1) is 20.2. The molecule has 0 saturated heterocycles. The molecule has 5 nitrogen and oxygen atoms in total. The minimum absolute atomic E-state index is 0. The number of halogens is 1. The number of fused-ring (bicyclic) bond motifs is 2. The van der Waals surface area contributed by atoms with E-state index >= 15 is 0 Å². The van der Waals surface area contributed by atoms with Gasteiger partial charge in [0.1, 0.15) is 5.82 Å². The molecule has 27 heavy (non-hydrogen) atoms. The van der Waals surface area contributed by atoms with Gasteiger partial charge in [0.05, 0.1) is 5.69 Å². The molecule has 2 aliphatic heterocycles. The third-order valence-corrected chi connectivity index (χ3v) is 5.35. The fourth-order valence-electron chi connectivity index (χ4n) is 3.97. The van der Waals surface area contributed by atoms with E-state index in [4.69, 9.17) is 9.98 Å². The van der Waals surface area contributed by atoms with Gasteiger partial charge in [-0.05, 0) is 37.3 Å². The van der Waals surface area contributed by atoms with E-state index in [1.807, 2.05) is 0 Å². The number of hydrogen-bond donors (Lipinski definition) is 1. The molecule has 0 fully saturated rings. The van der Waals surface area contributed by atoms with Gasteiger partial charge in [-0.2, -0.15) is 0 Å². The fraction of sp³-hybridized carbons (Fsp3) is 0.524. The summed E-state index contributed by atoms with van der Waals surface area (Å²) in [5.41, 5.74) is 4.08. The average molecular weight is 479 g/mol. The maximum Gasteiger partial charge on any atom is 0.194 e. The summed E-state index contributed by atoms with van der Waals surface area (Å²) in [7, 11) is 0. The lowest BCUT2D eigenvalue weighted by atomic mass is 10.0. The number of hydrogen-bond acceptors (Lipinski definition) is 2. The van der Waals surface area contributed by atoms with Crippen LogP contribution in [0.25, 0.3) is 0 Å². The molecule has 146 valence electrons. The van der Waals surface area contributed by atoms with Crippen LogP contribution >= 0.6 is 24.0 Å². The van der Waals surface area contributed by atoms with Gasteiger partial charge in [0.2, 0.25) is 0 Å². The van der Waals surface area contributed by atoms with Crippen LogP contribution in [0.5, 0.6) is 0 Å². The summed E-state index contributed by atoms with van der Waals surface area (Å²) >= 11 is 0. The largest absolute Gasteiger partial charge is 0.357 e. The summed E-state index contributed by atoms with van der Waals surface area (Å²) in [4.78, 5) is 12.1. The van der Waals surface area contributed by atoms with Gasteiger partial charge in [0.15, 0.2) is 5.96 Å². The Morgan fingerprint density at radius 3 is 2.81 bits per heavy atom. The van der Waals surface area contributed by atoms with Crippen molar-refractivity contribution < 1.29 is 0 Å². The van der Waals surface area contributed by atoms with Gasteiger partial charge >= 0.3 is 0 Å². The minimum Gasteiger partial charge on any atom is -0.357 e. The van der Waals surface area contributed by atoms with Crippen LogP contribution in [0.15, 0.2) is 35.5 Å². The van der Waals surface area contributed by atoms with Crippen molar-refractivity contribution in [3.63, 3.8) is 0 Å². The SMILES string of the molecule is CCNC(=NCCc1cn2c(n1)CCCC2)N1CCc2ccccc2C1.I. The number of rotatable bonds is 4. The van der Waals surface area contributed by atoms with Gasteiger partial charge in [-0.15, -0.1) is 24.0 Å². The van der Waals surface area contributed by atoms with Crippen molar-refractivity contribution in [3.8, 4) is 0 Å². The molecule has 1 N–H and O–H groups in total. The lowest BCUT2D eigenvalue weighted by Crippen LogP contribution is -2.44. The van der Waals surface area contributed by atoms with Crippen molar-refractivity contribution >= 4 is 29.9 Å². The molecule has 0 aliphatic carbocycles. The Labute approximate surface area is 179 Å². The number of benzene rings is 1. The smallest absolute Gasteiger partial charge is 0.194 e. The molecule has 6 heteroatoms. The second-order valence-corrected chi connectivity index (χ2v) is 7.22. The molecule has 0 radical (unpaired) electrons. The minimum atomic E-state index is 0. The highest BCUT2D eigenvalue weighted by Gasteiger charge is 2.18. The molecule has 0 atom stereocenters. The zero-order chi connectivity index (χ0) is 17.8. The predicted molar refractivity (Wildman–Crippen MR) is 121 cm³/mol. The van der Waals surface area contributed by atoms with E-state index in [1.54, 1.807) is 0 Å². The molecule has 2 aliphatic rings. The van der Waals surface area contributed by atoms with Crippen molar-refractivity contribution in [3.05, 3.63) is 53.1 Å². The lowest BCUT2D eigenvalue weighted by molar-refractivity contribution is 0.379. The number of imidazole rings is 1. The van der Waals surface area contributed by atoms with Crippen LogP contribution in [0.2, 0.25) is 0 Å². The molecule has 2 aromatic rings. The molecule has 0 spiro atoms. The lowest BCUT2D eigenvalue weighted by Gasteiger charge is -2.31. The van der Waals surface area contributed by atoms with E-state index < -0.39 is 0 Å². The van der Waals surface area contributed by atoms with Crippen LogP contribution in [-0.4, -0.2) is 40.0 Å². The summed E-state index contributed by atoms with van der Waals surface area (Å²) in [6, 6.07) is 8.75. The number of aryl methyl sites for hydroxylation is 2. The summed E-state index contributed by atoms with van der Waals surface area (Å²) in [6.45, 7) is 6.92. The van der Waals surface area contributed by atoms with Crippen molar-refractivity contribution in [2.24, 2.45) is 4.99 Å². The molecular formula is C21H30IN5. The average Bonchev–Trinajstić information content (AvgIpc) is 3.10. The van der Waals surface area contributed by atoms with E-state index in [2.05, 4.69) is 52.2 Å². The molecule has 3 heterocycles. The Balaban J connectivity index is 0.00000210. The molecule has 0 unspecified atom stereocenters. The van der Waals surface area contributed by atoms with Crippen molar-refractivity contribution in [1.29, 1.82) is 0 Å². The second-order valence-electron chi connectivity index (χ2n) is 7.22. The third kappa shape index (κ3) is 4.83. The Morgan fingerprint density at radius 1 is 1.15 bits per heavy atom. The van der Waals surface area contributed by atoms with Crippen LogP contribution in [0, 0.1) is 0 Å². The number of nitrogens with one attached hydrogen (secondary N) is 1. The normalized spacial score (nSPS) is 16.3. The molecule has 0 bridgehead atoms. The van der Waals surface area contributed by atoms with Gasteiger partial charge in [0.25, 0.3) is 0 Å². The van der Waals surface area contributed by atoms with E-state index in [9.17, 15) is 0 Å². The number of guanidine groups is 1. The number of nitrogens with zero attached hydrogens (tertiary/aromatic N) is 4. The van der Waals surface area contributed by atoms with Gasteiger partial charge < -0.3 is 14.8 Å². The number of aromatic nitrogens is 2. The molecular weight excluding hydrogens is 449 g/mol. The quantitative estimate of drug-likeness (QED) is 0.416. The first-order valence-corrected chi connectivity index (χ1v) is 9.98. The molecule has 4 rings (SSSR count). The van der Waals surface area contributed by atoms with Crippen LogP contribution in [-0.2, 0) is 32.4 Å². The Morgan fingerprint density at radius 2 is 2.00 bits per heavy atom. The molecule has 0 amide bonds. The summed E-state index contributed by atoms with van der Waals surface area (Å²) < 4.78 is 2.33. The third-order valence-electron chi connectivity index (χ3n) is 5.35. The van der Waals surface area contributed by atoms with Crippen molar-refractivity contribution in [2.45, 2.75) is 52.1 Å². The van der Waals surface area contributed by atoms with Crippen molar-refractivity contribution in [2.75, 3.05) is 19.6 Å². The standard InChI is InChI=1S/C21H29N5.HI/c1-2-22-21(26-14-11-17-7-3-4-8-18(17)15-26)23-12-10-19-16-25-13-6-5-9-20(25)24-19;/h3-4,7-8,16H,2,5-6,9-15H2,1H3,(H,22,23);1H. The maximum atomic E-state index is 4.89. The van der Waals surface area contributed by atoms with Gasteiger partial charge in [-0.25, -0.2) is 4.98 Å². The highest BCUT2D eigenvalue weighted by atomic mass is 127. The monoisotopic (exact) mass is 479 g/mol. The summed E-state index contributed by atoms with van der Waals surface area (Å²) in [5.74, 6) is 2.29. The zero-order valence-corrected chi connectivity index (χ0v) is 18.5. The Hall–Kier alpha value is -1.57. The zero-order valence-electron chi connectivity index (χ0n) is 16.2.